The third kappa shape index (κ3) is 6.23. The number of morpholine rings is 1. The van der Waals surface area contributed by atoms with Gasteiger partial charge in [0.2, 0.25) is 11.8 Å². The normalized spacial score (nSPS) is 13.9. The van der Waals surface area contributed by atoms with Gasteiger partial charge >= 0.3 is 0 Å². The Hall–Kier alpha value is -3.04. The summed E-state index contributed by atoms with van der Waals surface area (Å²) in [5.74, 6) is -2.37. The summed E-state index contributed by atoms with van der Waals surface area (Å²) in [5, 5.41) is 5.15. The Kier molecular flexibility index (Phi) is 7.31. The SMILES string of the molecule is CN(CC(=O)Nc1ccc(N2CCOCC2)cc1)CC(=O)Nc1ccc(F)cc1F. The average molecular weight is 418 g/mol. The Morgan fingerprint density at radius 2 is 1.63 bits per heavy atom. The fourth-order valence-corrected chi connectivity index (χ4v) is 3.10. The van der Waals surface area contributed by atoms with E-state index >= 15 is 0 Å². The van der Waals surface area contributed by atoms with Crippen LogP contribution in [0, 0.1) is 11.6 Å². The molecule has 160 valence electrons. The smallest absolute Gasteiger partial charge is 0.238 e. The molecule has 2 aromatic carbocycles. The highest BCUT2D eigenvalue weighted by molar-refractivity contribution is 5.94. The molecule has 0 aliphatic carbocycles. The van der Waals surface area contributed by atoms with Crippen LogP contribution < -0.4 is 15.5 Å². The van der Waals surface area contributed by atoms with Gasteiger partial charge in [0.05, 0.1) is 32.0 Å². The first-order valence-corrected chi connectivity index (χ1v) is 9.57. The zero-order valence-electron chi connectivity index (χ0n) is 16.7. The zero-order valence-corrected chi connectivity index (χ0v) is 16.7. The van der Waals surface area contributed by atoms with E-state index in [-0.39, 0.29) is 24.7 Å². The fourth-order valence-electron chi connectivity index (χ4n) is 3.10. The molecule has 1 aliphatic heterocycles. The van der Waals surface area contributed by atoms with Gasteiger partial charge in [-0.3, -0.25) is 14.5 Å². The first-order chi connectivity index (χ1) is 14.4. The van der Waals surface area contributed by atoms with Crippen LogP contribution in [0.5, 0.6) is 0 Å². The quantitative estimate of drug-likeness (QED) is 0.722. The summed E-state index contributed by atoms with van der Waals surface area (Å²) >= 11 is 0. The summed E-state index contributed by atoms with van der Waals surface area (Å²) in [5.41, 5.74) is 1.61. The number of halogens is 2. The molecule has 1 fully saturated rings. The third-order valence-corrected chi connectivity index (χ3v) is 4.56. The maximum Gasteiger partial charge on any atom is 0.238 e. The van der Waals surface area contributed by atoms with E-state index in [0.717, 1.165) is 30.9 Å². The standard InChI is InChI=1S/C21H24F2N4O3/c1-26(14-21(29)25-19-7-2-15(22)12-18(19)23)13-20(28)24-16-3-5-17(6-4-16)27-8-10-30-11-9-27/h2-7,12H,8-11,13-14H2,1H3,(H,24,28)(H,25,29). The molecule has 0 spiro atoms. The topological polar surface area (TPSA) is 73.9 Å². The van der Waals surface area contributed by atoms with Crippen molar-refractivity contribution in [2.24, 2.45) is 0 Å². The van der Waals surface area contributed by atoms with E-state index in [9.17, 15) is 18.4 Å². The number of carbonyl (C=O) groups excluding carboxylic acids is 2. The second-order valence-corrected chi connectivity index (χ2v) is 7.04. The summed E-state index contributed by atoms with van der Waals surface area (Å²) in [6.07, 6.45) is 0. The number of hydrogen-bond donors (Lipinski definition) is 2. The number of benzene rings is 2. The van der Waals surface area contributed by atoms with Gasteiger partial charge in [0.15, 0.2) is 0 Å². The van der Waals surface area contributed by atoms with Crippen LogP contribution in [0.4, 0.5) is 25.8 Å². The van der Waals surface area contributed by atoms with Gasteiger partial charge in [0.1, 0.15) is 11.6 Å². The Morgan fingerprint density at radius 1 is 1.00 bits per heavy atom. The van der Waals surface area contributed by atoms with Crippen molar-refractivity contribution >= 4 is 28.9 Å². The molecular weight excluding hydrogens is 394 g/mol. The van der Waals surface area contributed by atoms with Crippen molar-refractivity contribution < 1.29 is 23.1 Å². The number of amides is 2. The van der Waals surface area contributed by atoms with Crippen LogP contribution >= 0.6 is 0 Å². The van der Waals surface area contributed by atoms with Gasteiger partial charge < -0.3 is 20.3 Å². The molecule has 0 saturated carbocycles. The zero-order chi connectivity index (χ0) is 21.5. The van der Waals surface area contributed by atoms with Gasteiger partial charge in [-0.25, -0.2) is 8.78 Å². The van der Waals surface area contributed by atoms with Gasteiger partial charge in [-0.2, -0.15) is 0 Å². The van der Waals surface area contributed by atoms with E-state index in [1.54, 1.807) is 7.05 Å². The fraction of sp³-hybridized carbons (Fsp3) is 0.333. The van der Waals surface area contributed by atoms with Crippen LogP contribution in [-0.2, 0) is 14.3 Å². The summed E-state index contributed by atoms with van der Waals surface area (Å²) in [6, 6.07) is 10.4. The third-order valence-electron chi connectivity index (χ3n) is 4.56. The lowest BCUT2D eigenvalue weighted by molar-refractivity contribution is -0.119. The van der Waals surface area contributed by atoms with Crippen molar-refractivity contribution in [1.82, 2.24) is 4.90 Å². The highest BCUT2D eigenvalue weighted by Gasteiger charge is 2.14. The molecule has 2 aromatic rings. The summed E-state index contributed by atoms with van der Waals surface area (Å²) in [6.45, 7) is 2.92. The molecule has 0 bridgehead atoms. The van der Waals surface area contributed by atoms with Crippen LogP contribution in [0.2, 0.25) is 0 Å². The average Bonchev–Trinajstić information content (AvgIpc) is 2.71. The van der Waals surface area contributed by atoms with Crippen molar-refractivity contribution in [2.75, 3.05) is 62.0 Å². The second-order valence-electron chi connectivity index (χ2n) is 7.04. The predicted molar refractivity (Wildman–Crippen MR) is 111 cm³/mol. The van der Waals surface area contributed by atoms with E-state index in [2.05, 4.69) is 15.5 Å². The van der Waals surface area contributed by atoms with Crippen LogP contribution in [0.3, 0.4) is 0 Å². The van der Waals surface area contributed by atoms with Crippen LogP contribution in [0.1, 0.15) is 0 Å². The number of rotatable bonds is 7. The lowest BCUT2D eigenvalue weighted by atomic mass is 10.2. The predicted octanol–water partition coefficient (Wildman–Crippen LogP) is 2.31. The molecule has 2 N–H and O–H groups in total. The molecule has 1 saturated heterocycles. The number of hydrogen-bond acceptors (Lipinski definition) is 5. The van der Waals surface area contributed by atoms with E-state index < -0.39 is 17.5 Å². The second kappa shape index (κ2) is 10.1. The van der Waals surface area contributed by atoms with Gasteiger partial charge in [0, 0.05) is 30.5 Å². The lowest BCUT2D eigenvalue weighted by Gasteiger charge is -2.28. The highest BCUT2D eigenvalue weighted by Crippen LogP contribution is 2.19. The van der Waals surface area contributed by atoms with Gasteiger partial charge in [-0.1, -0.05) is 0 Å². The molecule has 0 radical (unpaired) electrons. The van der Waals surface area contributed by atoms with Gasteiger partial charge in [-0.15, -0.1) is 0 Å². The largest absolute Gasteiger partial charge is 0.378 e. The van der Waals surface area contributed by atoms with Gasteiger partial charge in [0.25, 0.3) is 0 Å². The number of carbonyl (C=O) groups is 2. The van der Waals surface area contributed by atoms with Crippen molar-refractivity contribution in [3.05, 3.63) is 54.1 Å². The minimum Gasteiger partial charge on any atom is -0.378 e. The Labute approximate surface area is 173 Å². The number of nitrogens with one attached hydrogen (secondary N) is 2. The maximum absolute atomic E-state index is 13.6. The lowest BCUT2D eigenvalue weighted by Crippen LogP contribution is -2.36. The monoisotopic (exact) mass is 418 g/mol. The molecule has 0 atom stereocenters. The minimum atomic E-state index is -0.857. The molecule has 7 nitrogen and oxygen atoms in total. The Morgan fingerprint density at radius 3 is 2.27 bits per heavy atom. The van der Waals surface area contributed by atoms with Crippen LogP contribution in [0.15, 0.2) is 42.5 Å². The first kappa shape index (κ1) is 21.7. The van der Waals surface area contributed by atoms with E-state index in [0.29, 0.717) is 25.0 Å². The van der Waals surface area contributed by atoms with Crippen molar-refractivity contribution in [3.8, 4) is 0 Å². The van der Waals surface area contributed by atoms with E-state index in [4.69, 9.17) is 4.74 Å². The first-order valence-electron chi connectivity index (χ1n) is 9.57. The molecule has 1 aliphatic rings. The summed E-state index contributed by atoms with van der Waals surface area (Å²) in [7, 11) is 1.60. The van der Waals surface area contributed by atoms with Gasteiger partial charge in [-0.05, 0) is 43.4 Å². The maximum atomic E-state index is 13.6. The number of anilines is 3. The summed E-state index contributed by atoms with van der Waals surface area (Å²) < 4.78 is 31.9. The molecule has 0 aromatic heterocycles. The highest BCUT2D eigenvalue weighted by atomic mass is 19.1. The minimum absolute atomic E-state index is 0.0233. The van der Waals surface area contributed by atoms with Crippen LogP contribution in [0.25, 0.3) is 0 Å². The molecule has 1 heterocycles. The number of nitrogens with zero attached hydrogens (tertiary/aromatic N) is 2. The number of ether oxygens (including phenoxy) is 1. The molecular formula is C21H24F2N4O3. The van der Waals surface area contributed by atoms with E-state index in [1.807, 2.05) is 24.3 Å². The molecule has 0 unspecified atom stereocenters. The number of likely N-dealkylation sites (N-methyl/N-ethyl adjacent to an activating group) is 1. The van der Waals surface area contributed by atoms with Crippen molar-refractivity contribution in [3.63, 3.8) is 0 Å². The van der Waals surface area contributed by atoms with Crippen molar-refractivity contribution in [2.45, 2.75) is 0 Å². The summed E-state index contributed by atoms with van der Waals surface area (Å²) in [4.78, 5) is 28.0. The Balaban J connectivity index is 1.45. The molecule has 9 heteroatoms. The molecule has 30 heavy (non-hydrogen) atoms. The molecule has 2 amide bonds. The van der Waals surface area contributed by atoms with Crippen LogP contribution in [-0.4, -0.2) is 63.2 Å². The molecule has 3 rings (SSSR count). The van der Waals surface area contributed by atoms with Crippen molar-refractivity contribution in [1.29, 1.82) is 0 Å². The van der Waals surface area contributed by atoms with E-state index in [1.165, 1.54) is 4.90 Å². The Bertz CT molecular complexity index is 886.